The van der Waals surface area contributed by atoms with Crippen LogP contribution in [0.2, 0.25) is 0 Å². The van der Waals surface area contributed by atoms with Gasteiger partial charge in [0.15, 0.2) is 6.84 Å². The highest BCUT2D eigenvalue weighted by molar-refractivity contribution is 8.20. The maximum Gasteiger partial charge on any atom is 0.171 e. The molecule has 0 fully saturated rings. The van der Waals surface area contributed by atoms with Gasteiger partial charge in [-0.05, 0) is 0 Å². The van der Waals surface area contributed by atoms with Crippen molar-refractivity contribution in [3.63, 3.8) is 0 Å². The summed E-state index contributed by atoms with van der Waals surface area (Å²) in [6.45, 7) is -1.74. The second-order valence-corrected chi connectivity index (χ2v) is 4.70. The van der Waals surface area contributed by atoms with Gasteiger partial charge in [0.05, 0.1) is 0 Å². The molecule has 0 bridgehead atoms. The monoisotopic (exact) mass is 116 g/mol. The smallest absolute Gasteiger partial charge is 0.171 e. The zero-order valence-electron chi connectivity index (χ0n) is 1.86. The van der Waals surface area contributed by atoms with E-state index in [-0.39, 0.29) is 0 Å². The van der Waals surface area contributed by atoms with Crippen LogP contribution in [0.15, 0.2) is 0 Å². The van der Waals surface area contributed by atoms with Crippen molar-refractivity contribution in [3.05, 3.63) is 0 Å². The van der Waals surface area contributed by atoms with E-state index in [2.05, 4.69) is 0 Å². The Hall–Kier alpha value is 0.950. The highest BCUT2D eigenvalue weighted by atomic mass is 35.7. The summed E-state index contributed by atoms with van der Waals surface area (Å²) in [7, 11) is 1.97. The summed E-state index contributed by atoms with van der Waals surface area (Å²) in [5, 5.41) is 0. The lowest BCUT2D eigenvalue weighted by molar-refractivity contribution is 0.603. The molecule has 0 spiro atoms. The zero-order chi connectivity index (χ0) is 3.58. The molecule has 0 radical (unpaired) electrons. The predicted octanol–water partition coefficient (Wildman–Crippen LogP) is 1.49. The van der Waals surface area contributed by atoms with Crippen molar-refractivity contribution >= 4 is 27.0 Å². The van der Waals surface area contributed by atoms with Crippen LogP contribution in [0.3, 0.4) is 0 Å². The fourth-order valence-electron chi connectivity index (χ4n) is 0. The Bertz CT molecular complexity index is 29.0. The molecule has 4 heteroatoms. The minimum atomic E-state index is -1.74. The maximum absolute atomic E-state index is 9.36. The molecule has 0 aromatic rings. The first-order valence-corrected chi connectivity index (χ1v) is 4.91. The van der Waals surface area contributed by atoms with Crippen LogP contribution in [-0.2, 0) is 4.57 Å². The van der Waals surface area contributed by atoms with Gasteiger partial charge in [0.1, 0.15) is 0 Å². The van der Waals surface area contributed by atoms with Crippen LogP contribution in [0.4, 0.5) is 0 Å². The van der Waals surface area contributed by atoms with E-state index >= 15 is 0 Å². The maximum atomic E-state index is 9.36. The third kappa shape index (κ3) is 12.4. The third-order valence-electron chi connectivity index (χ3n) is 0. The van der Waals surface area contributed by atoms with Gasteiger partial charge in [0.25, 0.3) is 0 Å². The van der Waals surface area contributed by atoms with E-state index in [0.717, 1.165) is 0 Å². The van der Waals surface area contributed by atoms with E-state index in [9.17, 15) is 4.57 Å². The molecule has 2 atom stereocenters. The summed E-state index contributed by atoms with van der Waals surface area (Å²) >= 11 is 4.78. The molecule has 1 nitrogen and oxygen atoms in total. The van der Waals surface area contributed by atoms with E-state index < -0.39 is 6.84 Å². The second-order valence-electron chi connectivity index (χ2n) is 0.304. The van der Waals surface area contributed by atoms with E-state index in [4.69, 9.17) is 11.2 Å². The molecule has 2 unspecified atom stereocenters. The summed E-state index contributed by atoms with van der Waals surface area (Å²) < 4.78 is 9.36. The Balaban J connectivity index is 2.80. The van der Waals surface area contributed by atoms with Crippen molar-refractivity contribution in [2.75, 3.05) is 0 Å². The molecule has 0 aliphatic rings. The Kier molecular flexibility index (Phi) is 2.73. The quantitative estimate of drug-likeness (QED) is 0.438. The summed E-state index contributed by atoms with van der Waals surface area (Å²) in [5.41, 5.74) is 0. The first kappa shape index (κ1) is 4.95. The average Bonchev–Trinajstić information content (AvgIpc) is 0.811. The minimum Gasteiger partial charge on any atom is -0.306 e. The number of hydrogen-bond acceptors (Lipinski definition) is 1. The van der Waals surface area contributed by atoms with Crippen LogP contribution in [-0.4, -0.2) is 0 Å². The second kappa shape index (κ2) is 2.20. The van der Waals surface area contributed by atoms with Gasteiger partial charge in [-0.1, -0.05) is 20.2 Å². The Morgan fingerprint density at radius 2 is 2.00 bits per heavy atom. The Labute approximate surface area is 32.4 Å². The average molecular weight is 116 g/mol. The molecule has 0 aliphatic carbocycles. The SMILES string of the molecule is O=[PH](P)Cl. The first-order chi connectivity index (χ1) is 1.73. The molecule has 0 aromatic carbocycles. The summed E-state index contributed by atoms with van der Waals surface area (Å²) in [5.74, 6) is 0. The van der Waals surface area contributed by atoms with Crippen molar-refractivity contribution in [1.29, 1.82) is 0 Å². The van der Waals surface area contributed by atoms with Gasteiger partial charge >= 0.3 is 0 Å². The van der Waals surface area contributed by atoms with Crippen LogP contribution in [0.1, 0.15) is 0 Å². The number of hydrogen-bond donors (Lipinski definition) is 0. The minimum absolute atomic E-state index is 1.74. The van der Waals surface area contributed by atoms with Gasteiger partial charge < -0.3 is 4.57 Å². The third-order valence-corrected chi connectivity index (χ3v) is 0. The van der Waals surface area contributed by atoms with E-state index in [1.165, 1.54) is 0 Å². The van der Waals surface area contributed by atoms with Crippen LogP contribution in [0.5, 0.6) is 0 Å². The van der Waals surface area contributed by atoms with Crippen LogP contribution in [0.25, 0.3) is 0 Å². The van der Waals surface area contributed by atoms with Crippen molar-refractivity contribution in [3.8, 4) is 0 Å². The molecule has 26 valence electrons. The van der Waals surface area contributed by atoms with Crippen LogP contribution in [0, 0.1) is 0 Å². The molecule has 0 rings (SSSR count). The molecule has 4 heavy (non-hydrogen) atoms. The van der Waals surface area contributed by atoms with Crippen molar-refractivity contribution < 1.29 is 4.57 Å². The van der Waals surface area contributed by atoms with E-state index in [0.29, 0.717) is 0 Å². The standard InChI is InChI=1S/ClH3OP2/c1-4(2)3/h4H,3H2. The van der Waals surface area contributed by atoms with Gasteiger partial charge in [-0.15, -0.1) is 0 Å². The van der Waals surface area contributed by atoms with Gasteiger partial charge in [0.2, 0.25) is 0 Å². The molecule has 0 saturated heterocycles. The van der Waals surface area contributed by atoms with Gasteiger partial charge in [-0.2, -0.15) is 0 Å². The molecule has 0 saturated carbocycles. The lowest BCUT2D eigenvalue weighted by Gasteiger charge is -1.56. The molecular formula is H3ClOP2. The summed E-state index contributed by atoms with van der Waals surface area (Å²) in [4.78, 5) is 0. The Morgan fingerprint density at radius 1 is 2.00 bits per heavy atom. The van der Waals surface area contributed by atoms with Crippen LogP contribution >= 0.6 is 27.0 Å². The van der Waals surface area contributed by atoms with Crippen molar-refractivity contribution in [1.82, 2.24) is 0 Å². The highest BCUT2D eigenvalue weighted by Crippen LogP contribution is 2.34. The van der Waals surface area contributed by atoms with Gasteiger partial charge in [0, 0.05) is 0 Å². The molecule has 0 heterocycles. The molecule has 0 aromatic heterocycles. The fraction of sp³-hybridized carbons (Fsp3) is 0. The molecular weight excluding hydrogens is 113 g/mol. The zero-order valence-corrected chi connectivity index (χ0v) is 4.77. The van der Waals surface area contributed by atoms with E-state index in [1.807, 2.05) is 8.93 Å². The first-order valence-electron chi connectivity index (χ1n) is 0.682. The number of halogens is 1. The van der Waals surface area contributed by atoms with Gasteiger partial charge in [-0.3, -0.25) is 0 Å². The van der Waals surface area contributed by atoms with Crippen molar-refractivity contribution in [2.45, 2.75) is 0 Å². The molecule has 0 aliphatic heterocycles. The lowest BCUT2D eigenvalue weighted by Crippen LogP contribution is -0.929. The Morgan fingerprint density at radius 3 is 2.00 bits per heavy atom. The highest BCUT2D eigenvalue weighted by Gasteiger charge is 1.62. The van der Waals surface area contributed by atoms with Gasteiger partial charge in [-0.25, -0.2) is 0 Å². The summed E-state index contributed by atoms with van der Waals surface area (Å²) in [6.07, 6.45) is 0. The summed E-state index contributed by atoms with van der Waals surface area (Å²) in [6, 6.07) is 0. The molecule has 0 amide bonds. The van der Waals surface area contributed by atoms with Crippen LogP contribution < -0.4 is 0 Å². The fourth-order valence-corrected chi connectivity index (χ4v) is 0. The lowest BCUT2D eigenvalue weighted by atomic mass is 16.0. The van der Waals surface area contributed by atoms with Crippen molar-refractivity contribution in [2.24, 2.45) is 0 Å². The normalized spacial score (nSPS) is 15.5. The number of rotatable bonds is 0. The largest absolute Gasteiger partial charge is 0.306 e. The van der Waals surface area contributed by atoms with E-state index in [1.54, 1.807) is 0 Å². The molecule has 0 N–H and O–H groups in total. The topological polar surface area (TPSA) is 17.1 Å². The predicted molar refractivity (Wildman–Crippen MR) is 24.6 cm³/mol.